The molecule has 0 saturated carbocycles. The minimum atomic E-state index is 0.506. The summed E-state index contributed by atoms with van der Waals surface area (Å²) < 4.78 is 6.92. The molecule has 0 amide bonds. The van der Waals surface area contributed by atoms with Crippen molar-refractivity contribution in [2.75, 3.05) is 7.11 Å². The monoisotopic (exact) mass is 274 g/mol. The topological polar surface area (TPSA) is 52.3 Å². The number of rotatable bonds is 3. The Morgan fingerprint density at radius 1 is 1.16 bits per heavy atom. The van der Waals surface area contributed by atoms with Crippen molar-refractivity contribution in [3.63, 3.8) is 0 Å². The minimum Gasteiger partial charge on any atom is -0.497 e. The van der Waals surface area contributed by atoms with E-state index in [0.29, 0.717) is 17.2 Å². The van der Waals surface area contributed by atoms with Crippen molar-refractivity contribution in [1.82, 2.24) is 19.6 Å². The molecule has 3 aromatic rings. The van der Waals surface area contributed by atoms with Gasteiger partial charge in [0.1, 0.15) is 16.7 Å². The van der Waals surface area contributed by atoms with Gasteiger partial charge in [0.05, 0.1) is 19.5 Å². The Balaban J connectivity index is 1.96. The molecule has 2 aromatic heterocycles. The van der Waals surface area contributed by atoms with E-state index in [1.54, 1.807) is 23.9 Å². The highest BCUT2D eigenvalue weighted by Crippen LogP contribution is 2.17. The van der Waals surface area contributed by atoms with Crippen LogP contribution >= 0.6 is 11.6 Å². The van der Waals surface area contributed by atoms with Gasteiger partial charge in [-0.25, -0.2) is 0 Å². The lowest BCUT2D eigenvalue weighted by molar-refractivity contribution is 0.414. The molecule has 0 saturated heterocycles. The summed E-state index contributed by atoms with van der Waals surface area (Å²) >= 11 is 6.12. The van der Waals surface area contributed by atoms with Crippen LogP contribution in [0.4, 0.5) is 0 Å². The van der Waals surface area contributed by atoms with Crippen LogP contribution in [0.1, 0.15) is 11.4 Å². The van der Waals surface area contributed by atoms with Crippen LogP contribution in [0.5, 0.6) is 5.75 Å². The maximum absolute atomic E-state index is 6.12. The van der Waals surface area contributed by atoms with Crippen LogP contribution in [-0.4, -0.2) is 26.7 Å². The van der Waals surface area contributed by atoms with Gasteiger partial charge in [-0.1, -0.05) is 23.7 Å². The third-order valence-corrected chi connectivity index (χ3v) is 3.13. The van der Waals surface area contributed by atoms with Gasteiger partial charge in [0.15, 0.2) is 5.65 Å². The van der Waals surface area contributed by atoms with Gasteiger partial charge in [0.25, 0.3) is 0 Å². The summed E-state index contributed by atoms with van der Waals surface area (Å²) in [4.78, 5) is 3.98. The Morgan fingerprint density at radius 2 is 1.95 bits per heavy atom. The molecule has 0 atom stereocenters. The molecular weight excluding hydrogens is 264 g/mol. The summed E-state index contributed by atoms with van der Waals surface area (Å²) in [5.41, 5.74) is 1.76. The number of methoxy groups -OCH3 is 1. The molecule has 0 aliphatic carbocycles. The van der Waals surface area contributed by atoms with Gasteiger partial charge in [0, 0.05) is 6.42 Å². The second-order valence-electron chi connectivity index (χ2n) is 4.06. The number of hydrogen-bond donors (Lipinski definition) is 0. The molecule has 0 radical (unpaired) electrons. The molecule has 0 aliphatic heterocycles. The lowest BCUT2D eigenvalue weighted by Crippen LogP contribution is -1.98. The molecule has 6 heteroatoms. The molecule has 2 heterocycles. The van der Waals surface area contributed by atoms with Crippen molar-refractivity contribution in [3.8, 4) is 5.75 Å². The summed E-state index contributed by atoms with van der Waals surface area (Å²) in [6.07, 6.45) is 3.86. The highest BCUT2D eigenvalue weighted by Gasteiger charge is 2.09. The fourth-order valence-electron chi connectivity index (χ4n) is 1.91. The molecule has 0 N–H and O–H groups in total. The lowest BCUT2D eigenvalue weighted by atomic mass is 10.1. The molecule has 3 rings (SSSR count). The molecule has 0 aliphatic rings. The van der Waals surface area contributed by atoms with E-state index < -0.39 is 0 Å². The first-order valence-corrected chi connectivity index (χ1v) is 6.12. The van der Waals surface area contributed by atoms with Gasteiger partial charge in [-0.2, -0.15) is 0 Å². The normalized spacial score (nSPS) is 10.8. The van der Waals surface area contributed by atoms with Crippen molar-refractivity contribution in [2.45, 2.75) is 6.42 Å². The SMILES string of the molecule is COc1ccc(Cc2nnc3cncc(Cl)n23)cc1. The van der Waals surface area contributed by atoms with E-state index in [2.05, 4.69) is 15.2 Å². The van der Waals surface area contributed by atoms with Gasteiger partial charge in [-0.05, 0) is 17.7 Å². The van der Waals surface area contributed by atoms with Crippen molar-refractivity contribution < 1.29 is 4.74 Å². The Bertz CT molecular complexity index is 708. The number of benzene rings is 1. The lowest BCUT2D eigenvalue weighted by Gasteiger charge is -2.03. The highest BCUT2D eigenvalue weighted by atomic mass is 35.5. The van der Waals surface area contributed by atoms with Gasteiger partial charge >= 0.3 is 0 Å². The second-order valence-corrected chi connectivity index (χ2v) is 4.45. The van der Waals surface area contributed by atoms with Crippen LogP contribution in [0, 0.1) is 0 Å². The van der Waals surface area contributed by atoms with E-state index in [1.165, 1.54) is 0 Å². The quantitative estimate of drug-likeness (QED) is 0.736. The van der Waals surface area contributed by atoms with E-state index >= 15 is 0 Å². The second kappa shape index (κ2) is 4.85. The largest absolute Gasteiger partial charge is 0.497 e. The van der Waals surface area contributed by atoms with E-state index in [4.69, 9.17) is 16.3 Å². The third kappa shape index (κ3) is 2.24. The summed E-state index contributed by atoms with van der Waals surface area (Å²) in [6, 6.07) is 7.83. The molecule has 0 unspecified atom stereocenters. The van der Waals surface area contributed by atoms with E-state index in [1.807, 2.05) is 24.3 Å². The third-order valence-electron chi connectivity index (χ3n) is 2.86. The zero-order valence-electron chi connectivity index (χ0n) is 10.2. The van der Waals surface area contributed by atoms with Crippen molar-refractivity contribution in [3.05, 3.63) is 53.2 Å². The first kappa shape index (κ1) is 11.9. The molecule has 19 heavy (non-hydrogen) atoms. The van der Waals surface area contributed by atoms with Gasteiger partial charge in [-0.15, -0.1) is 10.2 Å². The zero-order chi connectivity index (χ0) is 13.2. The smallest absolute Gasteiger partial charge is 0.180 e. The Kier molecular flexibility index (Phi) is 3.05. The maximum atomic E-state index is 6.12. The number of fused-ring (bicyclic) bond motifs is 1. The highest BCUT2D eigenvalue weighted by molar-refractivity contribution is 6.29. The first-order valence-electron chi connectivity index (χ1n) is 5.74. The van der Waals surface area contributed by atoms with E-state index in [9.17, 15) is 0 Å². The number of nitrogens with zero attached hydrogens (tertiary/aromatic N) is 4. The van der Waals surface area contributed by atoms with Crippen LogP contribution in [0.15, 0.2) is 36.7 Å². The molecule has 0 fully saturated rings. The molecule has 96 valence electrons. The number of hydrogen-bond acceptors (Lipinski definition) is 4. The average Bonchev–Trinajstić information content (AvgIpc) is 2.84. The van der Waals surface area contributed by atoms with Crippen LogP contribution in [0.25, 0.3) is 5.65 Å². The fourth-order valence-corrected chi connectivity index (χ4v) is 2.15. The van der Waals surface area contributed by atoms with Crippen LogP contribution in [0.3, 0.4) is 0 Å². The number of halogens is 1. The molecule has 0 spiro atoms. The van der Waals surface area contributed by atoms with Gasteiger partial charge in [0.2, 0.25) is 0 Å². The standard InChI is InChI=1S/C13H11ClN4O/c1-19-10-4-2-9(3-5-10)6-12-16-17-13-8-15-7-11(14)18(12)13/h2-5,7-8H,6H2,1H3. The number of aromatic nitrogens is 4. The summed E-state index contributed by atoms with van der Waals surface area (Å²) in [7, 11) is 1.65. The Labute approximate surface area is 114 Å². The van der Waals surface area contributed by atoms with Crippen molar-refractivity contribution >= 4 is 17.2 Å². The van der Waals surface area contributed by atoms with E-state index in [0.717, 1.165) is 17.1 Å². The first-order chi connectivity index (χ1) is 9.28. The van der Waals surface area contributed by atoms with Gasteiger partial charge in [-0.3, -0.25) is 9.38 Å². The summed E-state index contributed by atoms with van der Waals surface area (Å²) in [5, 5.41) is 8.71. The summed E-state index contributed by atoms with van der Waals surface area (Å²) in [6.45, 7) is 0. The van der Waals surface area contributed by atoms with Crippen LogP contribution in [0.2, 0.25) is 5.15 Å². The Hall–Kier alpha value is -2.14. The predicted molar refractivity (Wildman–Crippen MR) is 71.6 cm³/mol. The number of ether oxygens (including phenoxy) is 1. The van der Waals surface area contributed by atoms with E-state index in [-0.39, 0.29) is 0 Å². The molecule has 0 bridgehead atoms. The Morgan fingerprint density at radius 3 is 2.68 bits per heavy atom. The summed E-state index contributed by atoms with van der Waals surface area (Å²) in [5.74, 6) is 1.62. The van der Waals surface area contributed by atoms with Crippen molar-refractivity contribution in [2.24, 2.45) is 0 Å². The van der Waals surface area contributed by atoms with Gasteiger partial charge < -0.3 is 4.74 Å². The zero-order valence-corrected chi connectivity index (χ0v) is 11.0. The van der Waals surface area contributed by atoms with Crippen LogP contribution in [-0.2, 0) is 6.42 Å². The molecule has 5 nitrogen and oxygen atoms in total. The maximum Gasteiger partial charge on any atom is 0.180 e. The predicted octanol–water partition coefficient (Wildman–Crippen LogP) is 2.38. The molecular formula is C13H11ClN4O. The minimum absolute atomic E-state index is 0.506. The fraction of sp³-hybridized carbons (Fsp3) is 0.154. The van der Waals surface area contributed by atoms with Crippen LogP contribution < -0.4 is 4.74 Å². The van der Waals surface area contributed by atoms with Crippen molar-refractivity contribution in [1.29, 1.82) is 0 Å². The average molecular weight is 275 g/mol. The molecule has 1 aromatic carbocycles.